The van der Waals surface area contributed by atoms with E-state index in [2.05, 4.69) is 24.5 Å². The van der Waals surface area contributed by atoms with Gasteiger partial charge in [-0.25, -0.2) is 0 Å². The fourth-order valence-electron chi connectivity index (χ4n) is 2.12. The average Bonchev–Trinajstić information content (AvgIpc) is 2.55. The number of unbranched alkanes of at least 4 members (excludes halogenated alkanes) is 1. The molecule has 5 nitrogen and oxygen atoms in total. The van der Waals surface area contributed by atoms with Gasteiger partial charge in [-0.1, -0.05) is 33.1 Å². The van der Waals surface area contributed by atoms with Crippen LogP contribution in [0.1, 0.15) is 39.5 Å². The molecule has 2 amide bonds. The standard InChI is InChI=1S/C17H26N2O3/c1-4-6-7-13(5-2)12-18-16(20)17(21)19-14-8-10-15(22-3)11-9-14/h8-11,13H,4-7,12H2,1-3H3,(H,18,20)(H,19,21)/t13-/m0/s1. The number of carbonyl (C=O) groups excluding carboxylic acids is 2. The molecule has 122 valence electrons. The van der Waals surface area contributed by atoms with Crippen LogP contribution in [0.4, 0.5) is 5.69 Å². The van der Waals surface area contributed by atoms with Gasteiger partial charge in [-0.15, -0.1) is 0 Å². The molecule has 22 heavy (non-hydrogen) atoms. The highest BCUT2D eigenvalue weighted by atomic mass is 16.5. The Balaban J connectivity index is 2.42. The van der Waals surface area contributed by atoms with Gasteiger partial charge < -0.3 is 15.4 Å². The normalized spacial score (nSPS) is 11.6. The van der Waals surface area contributed by atoms with E-state index in [1.807, 2.05) is 0 Å². The van der Waals surface area contributed by atoms with Crippen molar-refractivity contribution in [2.24, 2.45) is 5.92 Å². The minimum absolute atomic E-state index is 0.428. The Labute approximate surface area is 132 Å². The molecule has 1 rings (SSSR count). The second kappa shape index (κ2) is 9.82. The van der Waals surface area contributed by atoms with Crippen molar-refractivity contribution in [2.75, 3.05) is 19.0 Å². The van der Waals surface area contributed by atoms with Crippen LogP contribution in [0.3, 0.4) is 0 Å². The molecule has 1 aromatic rings. The molecule has 0 unspecified atom stereocenters. The summed E-state index contributed by atoms with van der Waals surface area (Å²) in [6, 6.07) is 6.84. The summed E-state index contributed by atoms with van der Waals surface area (Å²) >= 11 is 0. The lowest BCUT2D eigenvalue weighted by molar-refractivity contribution is -0.136. The highest BCUT2D eigenvalue weighted by Gasteiger charge is 2.15. The van der Waals surface area contributed by atoms with Crippen molar-refractivity contribution in [1.82, 2.24) is 5.32 Å². The van der Waals surface area contributed by atoms with Gasteiger partial charge >= 0.3 is 11.8 Å². The van der Waals surface area contributed by atoms with Crippen LogP contribution in [0.5, 0.6) is 5.75 Å². The topological polar surface area (TPSA) is 67.4 Å². The largest absolute Gasteiger partial charge is 0.497 e. The summed E-state index contributed by atoms with van der Waals surface area (Å²) in [5, 5.41) is 5.28. The van der Waals surface area contributed by atoms with E-state index in [0.717, 1.165) is 25.7 Å². The predicted molar refractivity (Wildman–Crippen MR) is 87.9 cm³/mol. The SMILES string of the molecule is CCCC[C@H](CC)CNC(=O)C(=O)Nc1ccc(OC)cc1. The van der Waals surface area contributed by atoms with E-state index < -0.39 is 11.8 Å². The molecule has 0 bridgehead atoms. The van der Waals surface area contributed by atoms with Crippen LogP contribution >= 0.6 is 0 Å². The summed E-state index contributed by atoms with van der Waals surface area (Å²) < 4.78 is 5.04. The first-order chi connectivity index (χ1) is 10.6. The molecule has 2 N–H and O–H groups in total. The van der Waals surface area contributed by atoms with Crippen molar-refractivity contribution in [1.29, 1.82) is 0 Å². The molecule has 0 saturated heterocycles. The number of rotatable bonds is 8. The Kier molecular flexibility index (Phi) is 8.04. The molecular formula is C17H26N2O3. The van der Waals surface area contributed by atoms with E-state index in [-0.39, 0.29) is 0 Å². The number of anilines is 1. The van der Waals surface area contributed by atoms with Gasteiger partial charge in [0.15, 0.2) is 0 Å². The van der Waals surface area contributed by atoms with E-state index in [0.29, 0.717) is 23.9 Å². The predicted octanol–water partition coefficient (Wildman–Crippen LogP) is 2.97. The maximum absolute atomic E-state index is 11.8. The molecule has 0 fully saturated rings. The molecule has 5 heteroatoms. The third-order valence-corrected chi connectivity index (χ3v) is 3.65. The van der Waals surface area contributed by atoms with E-state index in [1.165, 1.54) is 0 Å². The van der Waals surface area contributed by atoms with Crippen LogP contribution in [-0.2, 0) is 9.59 Å². The van der Waals surface area contributed by atoms with Gasteiger partial charge in [-0.3, -0.25) is 9.59 Å². The molecule has 0 aliphatic heterocycles. The van der Waals surface area contributed by atoms with Crippen LogP contribution in [0, 0.1) is 5.92 Å². The molecular weight excluding hydrogens is 280 g/mol. The van der Waals surface area contributed by atoms with E-state index in [4.69, 9.17) is 4.74 Å². The van der Waals surface area contributed by atoms with Crippen LogP contribution in [0.25, 0.3) is 0 Å². The van der Waals surface area contributed by atoms with Crippen LogP contribution in [0.15, 0.2) is 24.3 Å². The van der Waals surface area contributed by atoms with Crippen LogP contribution in [-0.4, -0.2) is 25.5 Å². The quantitative estimate of drug-likeness (QED) is 0.726. The highest BCUT2D eigenvalue weighted by Crippen LogP contribution is 2.15. The summed E-state index contributed by atoms with van der Waals surface area (Å²) in [5.41, 5.74) is 0.568. The van der Waals surface area contributed by atoms with E-state index in [9.17, 15) is 9.59 Å². The van der Waals surface area contributed by atoms with Crippen molar-refractivity contribution >= 4 is 17.5 Å². The Morgan fingerprint density at radius 3 is 2.36 bits per heavy atom. The number of carbonyl (C=O) groups is 2. The van der Waals surface area contributed by atoms with Gasteiger partial charge in [0.2, 0.25) is 0 Å². The number of benzene rings is 1. The fraction of sp³-hybridized carbons (Fsp3) is 0.529. The summed E-state index contributed by atoms with van der Waals surface area (Å²) in [6.07, 6.45) is 4.36. The first-order valence-electron chi connectivity index (χ1n) is 7.83. The molecule has 0 aromatic heterocycles. The molecule has 0 heterocycles. The zero-order valence-electron chi connectivity index (χ0n) is 13.6. The highest BCUT2D eigenvalue weighted by molar-refractivity contribution is 6.39. The average molecular weight is 306 g/mol. The summed E-state index contributed by atoms with van der Waals surface area (Å²) in [4.78, 5) is 23.6. The first kappa shape index (κ1) is 18.0. The third kappa shape index (κ3) is 6.16. The maximum Gasteiger partial charge on any atom is 0.313 e. The summed E-state index contributed by atoms with van der Waals surface area (Å²) in [6.45, 7) is 4.79. The van der Waals surface area contributed by atoms with Crippen LogP contribution in [0.2, 0.25) is 0 Å². The van der Waals surface area contributed by atoms with Crippen LogP contribution < -0.4 is 15.4 Å². The first-order valence-corrected chi connectivity index (χ1v) is 7.83. The monoisotopic (exact) mass is 306 g/mol. The van der Waals surface area contributed by atoms with Crippen molar-refractivity contribution in [2.45, 2.75) is 39.5 Å². The molecule has 0 saturated carbocycles. The minimum atomic E-state index is -0.643. The van der Waals surface area contributed by atoms with Crippen molar-refractivity contribution in [3.8, 4) is 5.75 Å². The zero-order valence-corrected chi connectivity index (χ0v) is 13.6. The lowest BCUT2D eigenvalue weighted by Gasteiger charge is -2.15. The van der Waals surface area contributed by atoms with Crippen molar-refractivity contribution in [3.05, 3.63) is 24.3 Å². The lowest BCUT2D eigenvalue weighted by atomic mass is 9.99. The molecule has 0 radical (unpaired) electrons. The minimum Gasteiger partial charge on any atom is -0.497 e. The summed E-state index contributed by atoms with van der Waals surface area (Å²) in [5.74, 6) is -0.108. The Morgan fingerprint density at radius 1 is 1.14 bits per heavy atom. The smallest absolute Gasteiger partial charge is 0.313 e. The number of nitrogens with one attached hydrogen (secondary N) is 2. The third-order valence-electron chi connectivity index (χ3n) is 3.65. The number of hydrogen-bond acceptors (Lipinski definition) is 3. The van der Waals surface area contributed by atoms with E-state index in [1.54, 1.807) is 31.4 Å². The van der Waals surface area contributed by atoms with Gasteiger partial charge in [0, 0.05) is 12.2 Å². The molecule has 0 aliphatic rings. The van der Waals surface area contributed by atoms with Crippen molar-refractivity contribution in [3.63, 3.8) is 0 Å². The number of ether oxygens (including phenoxy) is 1. The molecule has 1 atom stereocenters. The second-order valence-corrected chi connectivity index (χ2v) is 5.31. The number of methoxy groups -OCH3 is 1. The molecule has 0 spiro atoms. The number of amides is 2. The van der Waals surface area contributed by atoms with E-state index >= 15 is 0 Å². The molecule has 0 aliphatic carbocycles. The van der Waals surface area contributed by atoms with Crippen molar-refractivity contribution < 1.29 is 14.3 Å². The van der Waals surface area contributed by atoms with Gasteiger partial charge in [0.1, 0.15) is 5.75 Å². The van der Waals surface area contributed by atoms with Gasteiger partial charge in [0.05, 0.1) is 7.11 Å². The maximum atomic E-state index is 11.8. The Bertz CT molecular complexity index is 471. The lowest BCUT2D eigenvalue weighted by Crippen LogP contribution is -2.38. The Hall–Kier alpha value is -2.04. The number of hydrogen-bond donors (Lipinski definition) is 2. The van der Waals surface area contributed by atoms with Gasteiger partial charge in [0.25, 0.3) is 0 Å². The zero-order chi connectivity index (χ0) is 16.4. The second-order valence-electron chi connectivity index (χ2n) is 5.31. The van der Waals surface area contributed by atoms with Gasteiger partial charge in [-0.05, 0) is 36.6 Å². The molecule has 1 aromatic carbocycles. The fourth-order valence-corrected chi connectivity index (χ4v) is 2.12. The van der Waals surface area contributed by atoms with Gasteiger partial charge in [-0.2, -0.15) is 0 Å². The summed E-state index contributed by atoms with van der Waals surface area (Å²) in [7, 11) is 1.57. The Morgan fingerprint density at radius 2 is 1.82 bits per heavy atom.